The first-order valence-electron chi connectivity index (χ1n) is 8.83. The third kappa shape index (κ3) is 5.98. The summed E-state index contributed by atoms with van der Waals surface area (Å²) >= 11 is 0. The van der Waals surface area contributed by atoms with Gasteiger partial charge in [-0.15, -0.1) is 24.0 Å². The van der Waals surface area contributed by atoms with Crippen LogP contribution in [0, 0.1) is 10.1 Å². The molecule has 0 radical (unpaired) electrons. The van der Waals surface area contributed by atoms with Crippen molar-refractivity contribution in [3.63, 3.8) is 0 Å². The molecule has 1 aliphatic rings. The van der Waals surface area contributed by atoms with Crippen molar-refractivity contribution < 1.29 is 9.66 Å². The molecule has 0 saturated heterocycles. The van der Waals surface area contributed by atoms with E-state index in [9.17, 15) is 10.1 Å². The third-order valence-electron chi connectivity index (χ3n) is 4.26. The maximum absolute atomic E-state index is 10.6. The summed E-state index contributed by atoms with van der Waals surface area (Å²) in [6, 6.07) is 14.4. The number of aliphatic imine (C=N–C) groups is 1. The van der Waals surface area contributed by atoms with Crippen LogP contribution >= 0.6 is 24.0 Å². The summed E-state index contributed by atoms with van der Waals surface area (Å²) in [6.07, 6.45) is 0.987. The zero-order chi connectivity index (χ0) is 19.1. The molecule has 1 aliphatic heterocycles. The van der Waals surface area contributed by atoms with Crippen molar-refractivity contribution in [1.29, 1.82) is 0 Å². The van der Waals surface area contributed by atoms with Gasteiger partial charge in [0.1, 0.15) is 11.9 Å². The van der Waals surface area contributed by atoms with Gasteiger partial charge in [-0.2, -0.15) is 0 Å². The zero-order valence-corrected chi connectivity index (χ0v) is 17.9. The molecule has 1 heterocycles. The molecule has 150 valence electrons. The summed E-state index contributed by atoms with van der Waals surface area (Å²) in [5.41, 5.74) is 2.15. The highest BCUT2D eigenvalue weighted by Gasteiger charge is 2.22. The molecule has 9 heteroatoms. The first-order chi connectivity index (χ1) is 13.2. The highest BCUT2D eigenvalue weighted by atomic mass is 127. The molecule has 3 N–H and O–H groups in total. The lowest BCUT2D eigenvalue weighted by atomic mass is 10.1. The molecule has 1 unspecified atom stereocenters. The molecule has 0 fully saturated rings. The Bertz CT molecular complexity index is 788. The van der Waals surface area contributed by atoms with Gasteiger partial charge in [-0.25, -0.2) is 0 Å². The van der Waals surface area contributed by atoms with E-state index in [1.54, 1.807) is 19.2 Å². The number of nitrogens with zero attached hydrogens (tertiary/aromatic N) is 2. The van der Waals surface area contributed by atoms with Crippen LogP contribution in [0.5, 0.6) is 5.75 Å². The molecule has 2 aromatic rings. The number of halogens is 1. The van der Waals surface area contributed by atoms with Gasteiger partial charge >= 0.3 is 0 Å². The maximum Gasteiger partial charge on any atom is 0.269 e. The molecule has 0 aliphatic carbocycles. The summed E-state index contributed by atoms with van der Waals surface area (Å²) in [5, 5.41) is 20.4. The largest absolute Gasteiger partial charge is 0.488 e. The van der Waals surface area contributed by atoms with Crippen LogP contribution in [0.2, 0.25) is 0 Å². The fraction of sp³-hybridized carbons (Fsp3) is 0.316. The molecule has 2 aromatic carbocycles. The first kappa shape index (κ1) is 21.7. The number of hydrogen-bond acceptors (Lipinski definition) is 5. The average molecular weight is 497 g/mol. The van der Waals surface area contributed by atoms with Gasteiger partial charge in [0.15, 0.2) is 5.96 Å². The van der Waals surface area contributed by atoms with Crippen molar-refractivity contribution in [2.45, 2.75) is 12.5 Å². The number of nitrogens with one attached hydrogen (secondary N) is 3. The first-order valence-corrected chi connectivity index (χ1v) is 8.83. The Morgan fingerprint density at radius 3 is 2.61 bits per heavy atom. The van der Waals surface area contributed by atoms with E-state index in [0.717, 1.165) is 17.9 Å². The van der Waals surface area contributed by atoms with Crippen LogP contribution in [-0.2, 0) is 6.42 Å². The lowest BCUT2D eigenvalue weighted by Gasteiger charge is -2.16. The Morgan fingerprint density at radius 1 is 1.18 bits per heavy atom. The molecule has 28 heavy (non-hydrogen) atoms. The smallest absolute Gasteiger partial charge is 0.269 e. The molecule has 0 saturated carbocycles. The molecule has 0 aromatic heterocycles. The normalized spacial score (nSPS) is 15.0. The van der Waals surface area contributed by atoms with Crippen molar-refractivity contribution in [2.75, 3.05) is 32.0 Å². The average Bonchev–Trinajstić information content (AvgIpc) is 3.10. The second kappa shape index (κ2) is 10.7. The van der Waals surface area contributed by atoms with Crippen LogP contribution in [0.15, 0.2) is 53.5 Å². The van der Waals surface area contributed by atoms with E-state index in [4.69, 9.17) is 4.74 Å². The minimum Gasteiger partial charge on any atom is -0.488 e. The van der Waals surface area contributed by atoms with Crippen LogP contribution in [0.4, 0.5) is 11.4 Å². The molecular weight excluding hydrogens is 473 g/mol. The van der Waals surface area contributed by atoms with Gasteiger partial charge < -0.3 is 20.7 Å². The lowest BCUT2D eigenvalue weighted by Crippen LogP contribution is -2.43. The molecule has 3 rings (SSSR count). The summed E-state index contributed by atoms with van der Waals surface area (Å²) in [7, 11) is 1.73. The SMILES string of the molecule is CN=C(NCCNc1ccc([N+](=O)[O-])cc1)NCC1Cc2ccccc2O1.I. The number of benzene rings is 2. The molecule has 0 spiro atoms. The lowest BCUT2D eigenvalue weighted by molar-refractivity contribution is -0.384. The van der Waals surface area contributed by atoms with Gasteiger partial charge in [-0.1, -0.05) is 18.2 Å². The van der Waals surface area contributed by atoms with Crippen LogP contribution in [-0.4, -0.2) is 43.7 Å². The number of para-hydroxylation sites is 1. The van der Waals surface area contributed by atoms with Crippen molar-refractivity contribution >= 4 is 41.3 Å². The Morgan fingerprint density at radius 2 is 1.93 bits per heavy atom. The van der Waals surface area contributed by atoms with Crippen LogP contribution in [0.1, 0.15) is 5.56 Å². The van der Waals surface area contributed by atoms with E-state index in [1.807, 2.05) is 18.2 Å². The minimum atomic E-state index is -0.409. The molecule has 0 amide bonds. The number of guanidine groups is 1. The fourth-order valence-corrected chi connectivity index (χ4v) is 2.89. The summed E-state index contributed by atoms with van der Waals surface area (Å²) in [5.74, 6) is 1.67. The highest BCUT2D eigenvalue weighted by Crippen LogP contribution is 2.27. The van der Waals surface area contributed by atoms with Crippen LogP contribution in [0.25, 0.3) is 0 Å². The minimum absolute atomic E-state index is 0. The predicted octanol–water partition coefficient (Wildman–Crippen LogP) is 2.79. The van der Waals surface area contributed by atoms with Gasteiger partial charge in [-0.05, 0) is 23.8 Å². The van der Waals surface area contributed by atoms with Crippen molar-refractivity contribution in [3.8, 4) is 5.75 Å². The van der Waals surface area contributed by atoms with Gasteiger partial charge in [-0.3, -0.25) is 15.1 Å². The number of nitro groups is 1. The summed E-state index contributed by atoms with van der Waals surface area (Å²) in [6.45, 7) is 1.98. The van der Waals surface area contributed by atoms with Crippen molar-refractivity contribution in [3.05, 3.63) is 64.2 Å². The standard InChI is InChI=1S/C19H23N5O3.HI/c1-20-19(23-13-17-12-14-4-2-3-5-18(14)27-17)22-11-10-21-15-6-8-16(9-7-15)24(25)26;/h2-9,17,21H,10-13H2,1H3,(H2,20,22,23);1H. The third-order valence-corrected chi connectivity index (χ3v) is 4.26. The zero-order valence-electron chi connectivity index (χ0n) is 15.6. The van der Waals surface area contributed by atoms with E-state index < -0.39 is 4.92 Å². The summed E-state index contributed by atoms with van der Waals surface area (Å²) in [4.78, 5) is 14.4. The van der Waals surface area contributed by atoms with Crippen molar-refractivity contribution in [2.24, 2.45) is 4.99 Å². The fourth-order valence-electron chi connectivity index (χ4n) is 2.89. The molecular formula is C19H24IN5O3. The topological polar surface area (TPSA) is 101 Å². The summed E-state index contributed by atoms with van der Waals surface area (Å²) < 4.78 is 5.91. The van der Waals surface area contributed by atoms with Crippen LogP contribution in [0.3, 0.4) is 0 Å². The van der Waals surface area contributed by atoms with Crippen molar-refractivity contribution in [1.82, 2.24) is 10.6 Å². The Labute approximate surface area is 180 Å². The number of fused-ring (bicyclic) bond motifs is 1. The number of nitro benzene ring substituents is 1. The number of ether oxygens (including phenoxy) is 1. The predicted molar refractivity (Wildman–Crippen MR) is 121 cm³/mol. The Balaban J connectivity index is 0.00000280. The van der Waals surface area contributed by atoms with Gasteiger partial charge in [0.2, 0.25) is 0 Å². The second-order valence-electron chi connectivity index (χ2n) is 6.16. The van der Waals surface area contributed by atoms with E-state index in [2.05, 4.69) is 27.0 Å². The van der Waals surface area contributed by atoms with E-state index in [1.165, 1.54) is 17.7 Å². The maximum atomic E-state index is 10.6. The van der Waals surface area contributed by atoms with E-state index >= 15 is 0 Å². The molecule has 0 bridgehead atoms. The number of rotatable bonds is 7. The molecule has 8 nitrogen and oxygen atoms in total. The van der Waals surface area contributed by atoms with Gasteiger partial charge in [0, 0.05) is 44.4 Å². The van der Waals surface area contributed by atoms with E-state index in [-0.39, 0.29) is 35.8 Å². The quantitative estimate of drug-likeness (QED) is 0.136. The number of hydrogen-bond donors (Lipinski definition) is 3. The number of non-ortho nitro benzene ring substituents is 1. The van der Waals surface area contributed by atoms with E-state index in [0.29, 0.717) is 25.6 Å². The Hall–Kier alpha value is -2.56. The monoisotopic (exact) mass is 497 g/mol. The number of anilines is 1. The van der Waals surface area contributed by atoms with Gasteiger partial charge in [0.05, 0.1) is 11.5 Å². The highest BCUT2D eigenvalue weighted by molar-refractivity contribution is 14.0. The molecule has 1 atom stereocenters. The van der Waals surface area contributed by atoms with Crippen LogP contribution < -0.4 is 20.7 Å². The van der Waals surface area contributed by atoms with Gasteiger partial charge in [0.25, 0.3) is 5.69 Å². The Kier molecular flexibility index (Phi) is 8.30. The second-order valence-corrected chi connectivity index (χ2v) is 6.16.